The van der Waals surface area contributed by atoms with E-state index in [2.05, 4.69) is 35.3 Å². The van der Waals surface area contributed by atoms with Crippen molar-refractivity contribution in [3.05, 3.63) is 72.8 Å². The number of fused-ring (bicyclic) bond motifs is 1. The van der Waals surface area contributed by atoms with Gasteiger partial charge >= 0.3 is 0 Å². The fourth-order valence-corrected chi connectivity index (χ4v) is 3.33. The number of pyridine rings is 1. The molecule has 162 valence electrons. The summed E-state index contributed by atoms with van der Waals surface area (Å²) in [6, 6.07) is 11.1. The monoisotopic (exact) mass is 441 g/mol. The van der Waals surface area contributed by atoms with Crippen LogP contribution in [0.5, 0.6) is 0 Å². The van der Waals surface area contributed by atoms with Gasteiger partial charge < -0.3 is 11.1 Å². The van der Waals surface area contributed by atoms with Crippen LogP contribution >= 0.6 is 0 Å². The highest BCUT2D eigenvalue weighted by atomic mass is 19.1. The average molecular weight is 441 g/mol. The van der Waals surface area contributed by atoms with E-state index in [4.69, 9.17) is 5.73 Å². The Bertz CT molecular complexity index is 1520. The maximum Gasteiger partial charge on any atom is 0.279 e. The Labute approximate surface area is 186 Å². The first kappa shape index (κ1) is 20.1. The molecule has 3 N–H and O–H groups in total. The summed E-state index contributed by atoms with van der Waals surface area (Å²) < 4.78 is 15.5. The molecule has 4 heterocycles. The maximum absolute atomic E-state index is 13.9. The minimum Gasteiger partial charge on any atom is -0.382 e. The minimum absolute atomic E-state index is 0.136. The van der Waals surface area contributed by atoms with Crippen molar-refractivity contribution in [2.45, 2.75) is 0 Å². The lowest BCUT2D eigenvalue weighted by Crippen LogP contribution is -2.19. The van der Waals surface area contributed by atoms with E-state index in [1.807, 2.05) is 30.3 Å². The number of rotatable bonds is 4. The van der Waals surface area contributed by atoms with E-state index in [1.54, 1.807) is 30.2 Å². The summed E-state index contributed by atoms with van der Waals surface area (Å²) in [5, 5.41) is 7.62. The second kappa shape index (κ2) is 8.04. The summed E-state index contributed by atoms with van der Waals surface area (Å²) in [4.78, 5) is 33.4. The molecule has 1 amide bonds. The number of nitrogens with zero attached hydrogens (tertiary/aromatic N) is 7. The van der Waals surface area contributed by atoms with Gasteiger partial charge in [0.15, 0.2) is 17.3 Å². The van der Waals surface area contributed by atoms with E-state index in [9.17, 15) is 9.18 Å². The van der Waals surface area contributed by atoms with Gasteiger partial charge in [-0.2, -0.15) is 9.49 Å². The van der Waals surface area contributed by atoms with Crippen LogP contribution < -0.4 is 11.1 Å². The van der Waals surface area contributed by atoms with Gasteiger partial charge in [0.25, 0.3) is 11.9 Å². The molecule has 5 rings (SSSR count). The summed E-state index contributed by atoms with van der Waals surface area (Å²) in [6.07, 6.45) is 5.90. The summed E-state index contributed by atoms with van der Waals surface area (Å²) in [5.41, 5.74) is 8.72. The smallest absolute Gasteiger partial charge is 0.279 e. The number of aryl methyl sites for hydroxylation is 1. The molecule has 33 heavy (non-hydrogen) atoms. The molecule has 0 unspecified atom stereocenters. The first-order valence-electron chi connectivity index (χ1n) is 9.80. The van der Waals surface area contributed by atoms with E-state index in [1.165, 1.54) is 12.4 Å². The zero-order valence-electron chi connectivity index (χ0n) is 17.3. The lowest BCUT2D eigenvalue weighted by Gasteiger charge is -2.12. The van der Waals surface area contributed by atoms with E-state index in [0.29, 0.717) is 22.6 Å². The fraction of sp³-hybridized carbons (Fsp3) is 0.0455. The zero-order chi connectivity index (χ0) is 22.9. The number of nitrogens with one attached hydrogen (secondary N) is 1. The third-order valence-corrected chi connectivity index (χ3v) is 4.86. The van der Waals surface area contributed by atoms with Crippen LogP contribution in [0.4, 0.5) is 16.0 Å². The van der Waals surface area contributed by atoms with Crippen molar-refractivity contribution in [3.8, 4) is 22.6 Å². The molecule has 0 aliphatic heterocycles. The third-order valence-electron chi connectivity index (χ3n) is 4.86. The molecule has 4 aromatic heterocycles. The van der Waals surface area contributed by atoms with Crippen molar-refractivity contribution in [1.82, 2.24) is 34.7 Å². The molecule has 0 aliphatic rings. The minimum atomic E-state index is -0.926. The third kappa shape index (κ3) is 3.82. The zero-order valence-corrected chi connectivity index (χ0v) is 17.3. The first-order valence-corrected chi connectivity index (χ1v) is 9.80. The molecular weight excluding hydrogens is 425 g/mol. The molecule has 0 aliphatic carbocycles. The lowest BCUT2D eigenvalue weighted by molar-refractivity contribution is 0.102. The lowest BCUT2D eigenvalue weighted by atomic mass is 10.0. The Hall–Kier alpha value is -4.80. The molecule has 0 saturated carbocycles. The van der Waals surface area contributed by atoms with Crippen molar-refractivity contribution in [2.75, 3.05) is 11.1 Å². The van der Waals surface area contributed by atoms with Gasteiger partial charge in [0.2, 0.25) is 0 Å². The number of carbonyl (C=O) groups excluding carboxylic acids is 1. The van der Waals surface area contributed by atoms with Crippen molar-refractivity contribution in [2.24, 2.45) is 7.05 Å². The highest BCUT2D eigenvalue weighted by Crippen LogP contribution is 2.31. The van der Waals surface area contributed by atoms with Crippen LogP contribution in [0.1, 0.15) is 10.5 Å². The molecule has 11 heteroatoms. The molecule has 5 aromatic rings. The van der Waals surface area contributed by atoms with Gasteiger partial charge in [-0.15, -0.1) is 0 Å². The first-order chi connectivity index (χ1) is 16.0. The quantitative estimate of drug-likeness (QED) is 0.434. The number of carbonyl (C=O) groups is 1. The van der Waals surface area contributed by atoms with Crippen LogP contribution in [-0.4, -0.2) is 40.6 Å². The van der Waals surface area contributed by atoms with Crippen LogP contribution in [0.3, 0.4) is 0 Å². The number of aromatic nitrogens is 7. The summed E-state index contributed by atoms with van der Waals surface area (Å²) in [7, 11) is 1.78. The summed E-state index contributed by atoms with van der Waals surface area (Å²) in [6.45, 7) is 0. The van der Waals surface area contributed by atoms with Gasteiger partial charge in [-0.25, -0.2) is 19.9 Å². The molecule has 0 radical (unpaired) electrons. The van der Waals surface area contributed by atoms with Crippen molar-refractivity contribution < 1.29 is 9.18 Å². The molecule has 0 atom stereocenters. The van der Waals surface area contributed by atoms with Crippen LogP contribution in [0.15, 0.2) is 61.2 Å². The SMILES string of the molecule is Cn1ccc(-c2nc(N)c(C(=O)Nc3nccnc3F)nc2-c2ccc3ncccc3c2)n1. The number of hydrogen-bond donors (Lipinski definition) is 2. The Morgan fingerprint density at radius 1 is 1.03 bits per heavy atom. The standard InChI is InChI=1S/C22H16FN9O/c1-32-10-6-15(31-32)17-16(13-4-5-14-12(11-13)3-2-7-25-14)28-18(20(24)29-17)22(33)30-21-19(23)26-8-9-27-21/h2-11H,1H3,(H2,24,29)(H,27,30,33). The number of halogens is 1. The molecular formula is C22H16FN9O. The Morgan fingerprint density at radius 3 is 2.67 bits per heavy atom. The molecule has 0 fully saturated rings. The number of anilines is 2. The van der Waals surface area contributed by atoms with E-state index >= 15 is 0 Å². The molecule has 0 bridgehead atoms. The van der Waals surface area contributed by atoms with Crippen LogP contribution in [0.2, 0.25) is 0 Å². The van der Waals surface area contributed by atoms with E-state index < -0.39 is 11.9 Å². The Morgan fingerprint density at radius 2 is 1.88 bits per heavy atom. The van der Waals surface area contributed by atoms with Crippen LogP contribution in [0.25, 0.3) is 33.5 Å². The number of nitrogen functional groups attached to an aromatic ring is 1. The van der Waals surface area contributed by atoms with Crippen LogP contribution in [0, 0.1) is 5.95 Å². The molecule has 1 aromatic carbocycles. The highest BCUT2D eigenvalue weighted by Gasteiger charge is 2.22. The van der Waals surface area contributed by atoms with Crippen molar-refractivity contribution in [3.63, 3.8) is 0 Å². The largest absolute Gasteiger partial charge is 0.382 e. The van der Waals surface area contributed by atoms with E-state index in [-0.39, 0.29) is 17.3 Å². The van der Waals surface area contributed by atoms with Gasteiger partial charge in [0, 0.05) is 42.8 Å². The second-order valence-electron chi connectivity index (χ2n) is 7.09. The predicted octanol–water partition coefficient (Wildman–Crippen LogP) is 2.86. The van der Waals surface area contributed by atoms with Gasteiger partial charge in [-0.1, -0.05) is 12.1 Å². The van der Waals surface area contributed by atoms with E-state index in [0.717, 1.165) is 10.9 Å². The number of amides is 1. The number of nitrogens with two attached hydrogens (primary N) is 1. The Kier molecular flexibility index (Phi) is 4.90. The second-order valence-corrected chi connectivity index (χ2v) is 7.09. The molecule has 0 saturated heterocycles. The Balaban J connectivity index is 1.66. The van der Waals surface area contributed by atoms with Gasteiger partial charge in [-0.05, 0) is 24.3 Å². The maximum atomic E-state index is 13.9. The van der Waals surface area contributed by atoms with Crippen molar-refractivity contribution in [1.29, 1.82) is 0 Å². The molecule has 0 spiro atoms. The summed E-state index contributed by atoms with van der Waals surface area (Å²) in [5.74, 6) is -2.17. The fourth-order valence-electron chi connectivity index (χ4n) is 3.33. The van der Waals surface area contributed by atoms with Gasteiger partial charge in [0.1, 0.15) is 11.4 Å². The number of hydrogen-bond acceptors (Lipinski definition) is 8. The average Bonchev–Trinajstić information content (AvgIpc) is 3.26. The normalized spacial score (nSPS) is 11.0. The number of benzene rings is 1. The van der Waals surface area contributed by atoms with Crippen LogP contribution in [-0.2, 0) is 7.05 Å². The highest BCUT2D eigenvalue weighted by molar-refractivity contribution is 6.06. The van der Waals surface area contributed by atoms with Crippen molar-refractivity contribution >= 4 is 28.4 Å². The van der Waals surface area contributed by atoms with Gasteiger partial charge in [-0.3, -0.25) is 14.5 Å². The predicted molar refractivity (Wildman–Crippen MR) is 119 cm³/mol. The topological polar surface area (TPSA) is 137 Å². The summed E-state index contributed by atoms with van der Waals surface area (Å²) >= 11 is 0. The molecule has 10 nitrogen and oxygen atoms in total. The van der Waals surface area contributed by atoms with Gasteiger partial charge in [0.05, 0.1) is 11.2 Å².